The topological polar surface area (TPSA) is 17.1 Å². The van der Waals surface area contributed by atoms with Crippen LogP contribution < -0.4 is 0 Å². The minimum absolute atomic E-state index is 0.352. The van der Waals surface area contributed by atoms with Crippen LogP contribution in [0.4, 0.5) is 0 Å². The molecular formula is C15H16O. The van der Waals surface area contributed by atoms with Gasteiger partial charge in [0.1, 0.15) is 0 Å². The number of carbonyl (C=O) groups is 1. The van der Waals surface area contributed by atoms with E-state index in [4.69, 9.17) is 0 Å². The van der Waals surface area contributed by atoms with Gasteiger partial charge < -0.3 is 0 Å². The van der Waals surface area contributed by atoms with Crippen molar-refractivity contribution in [3.05, 3.63) is 35.4 Å². The van der Waals surface area contributed by atoms with Crippen LogP contribution in [0.5, 0.6) is 0 Å². The summed E-state index contributed by atoms with van der Waals surface area (Å²) in [5, 5.41) is 0. The lowest BCUT2D eigenvalue weighted by Crippen LogP contribution is -2.38. The van der Waals surface area contributed by atoms with Gasteiger partial charge in [-0.2, -0.15) is 0 Å². The van der Waals surface area contributed by atoms with Crippen LogP contribution in [-0.4, -0.2) is 5.78 Å². The summed E-state index contributed by atoms with van der Waals surface area (Å²) in [5.41, 5.74) is 2.41. The highest BCUT2D eigenvalue weighted by Crippen LogP contribution is 2.58. The maximum absolute atomic E-state index is 12.4. The number of ketones is 1. The average Bonchev–Trinajstić information content (AvgIpc) is 2.68. The second kappa shape index (κ2) is 2.97. The highest BCUT2D eigenvalue weighted by molar-refractivity contribution is 6.03. The third kappa shape index (κ3) is 0.946. The SMILES string of the molecule is O=C1c2ccccc2[C@@H]2C3CCC(CC3)[C@H]12. The standard InChI is InChI=1S/C15H16O/c16-15-12-4-2-1-3-11(12)13-9-5-7-10(8-6-9)14(13)15/h1-4,9-10,13-14H,5-8H2/t9?,10?,13-,14-/m0/s1. The smallest absolute Gasteiger partial charge is 0.167 e. The van der Waals surface area contributed by atoms with Crippen molar-refractivity contribution in [1.82, 2.24) is 0 Å². The van der Waals surface area contributed by atoms with Crippen molar-refractivity contribution in [2.24, 2.45) is 17.8 Å². The summed E-state index contributed by atoms with van der Waals surface area (Å²) in [6, 6.07) is 8.33. The Bertz CT molecular complexity index is 454. The first-order chi connectivity index (χ1) is 7.86. The van der Waals surface area contributed by atoms with E-state index in [0.29, 0.717) is 23.5 Å². The predicted octanol–water partition coefficient (Wildman–Crippen LogP) is 3.40. The molecule has 1 aromatic rings. The van der Waals surface area contributed by atoms with E-state index in [9.17, 15) is 4.79 Å². The number of Topliss-reactive ketones (excluding diaryl/α,β-unsaturated/α-hetero) is 1. The molecule has 82 valence electrons. The van der Waals surface area contributed by atoms with Crippen molar-refractivity contribution in [3.63, 3.8) is 0 Å². The highest BCUT2D eigenvalue weighted by atomic mass is 16.1. The molecule has 3 fully saturated rings. The molecule has 4 aliphatic carbocycles. The van der Waals surface area contributed by atoms with Crippen LogP contribution in [0.2, 0.25) is 0 Å². The second-order valence-electron chi connectivity index (χ2n) is 5.68. The van der Waals surface area contributed by atoms with Crippen LogP contribution in [0.25, 0.3) is 0 Å². The molecule has 0 aliphatic heterocycles. The van der Waals surface area contributed by atoms with Crippen molar-refractivity contribution in [3.8, 4) is 0 Å². The summed E-state index contributed by atoms with van der Waals surface area (Å²) >= 11 is 0. The number of rotatable bonds is 0. The third-order valence-corrected chi connectivity index (χ3v) is 5.11. The maximum atomic E-state index is 12.4. The van der Waals surface area contributed by atoms with Crippen molar-refractivity contribution >= 4 is 5.78 Å². The number of hydrogen-bond acceptors (Lipinski definition) is 1. The van der Waals surface area contributed by atoms with Gasteiger partial charge in [-0.25, -0.2) is 0 Å². The van der Waals surface area contributed by atoms with Crippen LogP contribution in [0.3, 0.4) is 0 Å². The Balaban J connectivity index is 1.90. The minimum Gasteiger partial charge on any atom is -0.294 e. The van der Waals surface area contributed by atoms with Gasteiger partial charge in [-0.1, -0.05) is 24.3 Å². The Morgan fingerprint density at radius 2 is 1.50 bits per heavy atom. The van der Waals surface area contributed by atoms with Gasteiger partial charge in [0, 0.05) is 11.5 Å². The Hall–Kier alpha value is -1.11. The number of carbonyl (C=O) groups excluding carboxylic acids is 1. The zero-order chi connectivity index (χ0) is 10.7. The molecule has 0 N–H and O–H groups in total. The number of hydrogen-bond donors (Lipinski definition) is 0. The number of benzene rings is 1. The van der Waals surface area contributed by atoms with Crippen molar-refractivity contribution in [2.45, 2.75) is 31.6 Å². The fourth-order valence-electron chi connectivity index (χ4n) is 4.47. The molecule has 1 heteroatoms. The lowest BCUT2D eigenvalue weighted by Gasteiger charge is -2.45. The van der Waals surface area contributed by atoms with E-state index in [1.54, 1.807) is 0 Å². The van der Waals surface area contributed by atoms with Gasteiger partial charge >= 0.3 is 0 Å². The van der Waals surface area contributed by atoms with E-state index in [1.807, 2.05) is 12.1 Å². The molecule has 16 heavy (non-hydrogen) atoms. The molecule has 0 heterocycles. The summed E-state index contributed by atoms with van der Waals surface area (Å²) in [4.78, 5) is 12.4. The van der Waals surface area contributed by atoms with Crippen LogP contribution in [0.15, 0.2) is 24.3 Å². The Labute approximate surface area is 95.9 Å². The summed E-state index contributed by atoms with van der Waals surface area (Å²) in [6.07, 6.45) is 5.30. The molecule has 0 unspecified atom stereocenters. The van der Waals surface area contributed by atoms with Gasteiger partial charge in [0.05, 0.1) is 0 Å². The lowest BCUT2D eigenvalue weighted by atomic mass is 9.59. The second-order valence-corrected chi connectivity index (χ2v) is 5.68. The van der Waals surface area contributed by atoms with Crippen molar-refractivity contribution in [1.29, 1.82) is 0 Å². The fraction of sp³-hybridized carbons (Fsp3) is 0.533. The van der Waals surface area contributed by atoms with Gasteiger partial charge in [0.25, 0.3) is 0 Å². The van der Waals surface area contributed by atoms with Gasteiger partial charge in [-0.15, -0.1) is 0 Å². The van der Waals surface area contributed by atoms with E-state index < -0.39 is 0 Å². The van der Waals surface area contributed by atoms with E-state index >= 15 is 0 Å². The Morgan fingerprint density at radius 1 is 0.875 bits per heavy atom. The molecule has 5 rings (SSSR count). The third-order valence-electron chi connectivity index (χ3n) is 5.11. The van der Waals surface area contributed by atoms with Crippen LogP contribution in [0, 0.1) is 17.8 Å². The molecule has 0 radical (unpaired) electrons. The van der Waals surface area contributed by atoms with E-state index in [1.165, 1.54) is 31.2 Å². The molecule has 0 saturated heterocycles. The monoisotopic (exact) mass is 212 g/mol. The van der Waals surface area contributed by atoms with Crippen LogP contribution >= 0.6 is 0 Å². The maximum Gasteiger partial charge on any atom is 0.167 e. The molecular weight excluding hydrogens is 196 g/mol. The van der Waals surface area contributed by atoms with Crippen LogP contribution in [-0.2, 0) is 0 Å². The molecule has 3 saturated carbocycles. The summed E-state index contributed by atoms with van der Waals surface area (Å²) in [5.74, 6) is 2.87. The Kier molecular flexibility index (Phi) is 1.66. The summed E-state index contributed by atoms with van der Waals surface area (Å²) < 4.78 is 0. The van der Waals surface area contributed by atoms with Crippen molar-refractivity contribution in [2.75, 3.05) is 0 Å². The minimum atomic E-state index is 0.352. The average molecular weight is 212 g/mol. The molecule has 0 amide bonds. The predicted molar refractivity (Wildman–Crippen MR) is 62.5 cm³/mol. The zero-order valence-electron chi connectivity index (χ0n) is 9.36. The van der Waals surface area contributed by atoms with E-state index in [2.05, 4.69) is 12.1 Å². The first-order valence-corrected chi connectivity index (χ1v) is 6.49. The van der Waals surface area contributed by atoms with Gasteiger partial charge in [-0.3, -0.25) is 4.79 Å². The van der Waals surface area contributed by atoms with E-state index in [-0.39, 0.29) is 0 Å². The fourth-order valence-corrected chi connectivity index (χ4v) is 4.47. The molecule has 1 aromatic carbocycles. The molecule has 0 spiro atoms. The first-order valence-electron chi connectivity index (χ1n) is 6.49. The normalized spacial score (nSPS) is 39.6. The van der Waals surface area contributed by atoms with Crippen LogP contribution in [0.1, 0.15) is 47.5 Å². The largest absolute Gasteiger partial charge is 0.294 e. The summed E-state index contributed by atoms with van der Waals surface area (Å²) in [7, 11) is 0. The van der Waals surface area contributed by atoms with Gasteiger partial charge in [-0.05, 0) is 49.0 Å². The molecule has 1 nitrogen and oxygen atoms in total. The van der Waals surface area contributed by atoms with Gasteiger partial charge in [0.15, 0.2) is 5.78 Å². The highest BCUT2D eigenvalue weighted by Gasteiger charge is 2.52. The zero-order valence-corrected chi connectivity index (χ0v) is 9.36. The van der Waals surface area contributed by atoms with Gasteiger partial charge in [0.2, 0.25) is 0 Å². The molecule has 0 aromatic heterocycles. The van der Waals surface area contributed by atoms with E-state index in [0.717, 1.165) is 11.5 Å². The lowest BCUT2D eigenvalue weighted by molar-refractivity contribution is 0.0566. The molecule has 4 aliphatic rings. The molecule has 2 atom stereocenters. The van der Waals surface area contributed by atoms with Crippen molar-refractivity contribution < 1.29 is 4.79 Å². The molecule has 2 bridgehead atoms. The summed E-state index contributed by atoms with van der Waals surface area (Å²) in [6.45, 7) is 0. The quantitative estimate of drug-likeness (QED) is 0.644. The number of fused-ring (bicyclic) bond motifs is 3. The first kappa shape index (κ1) is 8.98. The Morgan fingerprint density at radius 3 is 2.25 bits per heavy atom.